The van der Waals surface area contributed by atoms with Gasteiger partial charge in [-0.15, -0.1) is 0 Å². The summed E-state index contributed by atoms with van der Waals surface area (Å²) in [5.74, 6) is 0.405. The number of pyridine rings is 1. The average Bonchev–Trinajstić information content (AvgIpc) is 2.71. The van der Waals surface area contributed by atoms with Gasteiger partial charge in [0.15, 0.2) is 0 Å². The lowest BCUT2D eigenvalue weighted by atomic mass is 9.99. The second-order valence-electron chi connectivity index (χ2n) is 4.42. The Morgan fingerprint density at radius 2 is 2.29 bits per heavy atom. The molecule has 1 aliphatic rings. The third-order valence-corrected chi connectivity index (χ3v) is 3.31. The van der Waals surface area contributed by atoms with Crippen LogP contribution in [0.15, 0.2) is 23.0 Å². The lowest BCUT2D eigenvalue weighted by Crippen LogP contribution is -2.49. The molecular weight excluding hydrogens is 220 g/mol. The molecule has 0 radical (unpaired) electrons. The highest BCUT2D eigenvalue weighted by molar-refractivity contribution is 5.85. The minimum absolute atomic E-state index is 0.165. The fourth-order valence-electron chi connectivity index (χ4n) is 2.38. The van der Waals surface area contributed by atoms with Gasteiger partial charge >= 0.3 is 5.97 Å². The van der Waals surface area contributed by atoms with Crippen LogP contribution in [0.25, 0.3) is 0 Å². The molecular formula is C12H16N2O3. The molecule has 1 atom stereocenters. The third-order valence-electron chi connectivity index (χ3n) is 3.31. The SMILES string of the molecule is COC(=O)[C@@]1(C)CCCN1c1cccc(=O)[nH]1. The number of aromatic amines is 1. The Hall–Kier alpha value is -1.78. The summed E-state index contributed by atoms with van der Waals surface area (Å²) >= 11 is 0. The second kappa shape index (κ2) is 4.24. The Bertz CT molecular complexity index is 483. The normalized spacial score (nSPS) is 23.8. The molecule has 1 saturated heterocycles. The molecule has 1 aromatic rings. The van der Waals surface area contributed by atoms with Crippen LogP contribution in [-0.4, -0.2) is 30.1 Å². The number of ether oxygens (including phenoxy) is 1. The van der Waals surface area contributed by atoms with Crippen molar-refractivity contribution in [2.24, 2.45) is 0 Å². The molecule has 0 saturated carbocycles. The van der Waals surface area contributed by atoms with Gasteiger partial charge in [-0.3, -0.25) is 4.79 Å². The molecule has 17 heavy (non-hydrogen) atoms. The molecule has 1 N–H and O–H groups in total. The lowest BCUT2D eigenvalue weighted by molar-refractivity contribution is -0.146. The van der Waals surface area contributed by atoms with Gasteiger partial charge in [0, 0.05) is 12.6 Å². The molecule has 0 aromatic carbocycles. The number of anilines is 1. The Balaban J connectivity index is 2.38. The highest BCUT2D eigenvalue weighted by Crippen LogP contribution is 2.33. The van der Waals surface area contributed by atoms with Gasteiger partial charge in [0.2, 0.25) is 5.56 Å². The average molecular weight is 236 g/mol. The summed E-state index contributed by atoms with van der Waals surface area (Å²) in [4.78, 5) is 27.8. The first-order valence-corrected chi connectivity index (χ1v) is 5.63. The number of H-pyrrole nitrogens is 1. The van der Waals surface area contributed by atoms with Crippen LogP contribution in [0.5, 0.6) is 0 Å². The standard InChI is InChI=1S/C12H16N2O3/c1-12(11(16)17-2)7-4-8-14(12)9-5-3-6-10(15)13-9/h3,5-6H,4,7-8H2,1-2H3,(H,13,15)/t12-/m1/s1. The minimum atomic E-state index is -0.682. The van der Waals surface area contributed by atoms with E-state index in [2.05, 4.69) is 4.98 Å². The van der Waals surface area contributed by atoms with Crippen molar-refractivity contribution in [1.82, 2.24) is 4.98 Å². The zero-order valence-corrected chi connectivity index (χ0v) is 10.0. The van der Waals surface area contributed by atoms with Crippen LogP contribution in [-0.2, 0) is 9.53 Å². The molecule has 5 nitrogen and oxygen atoms in total. The van der Waals surface area contributed by atoms with E-state index in [-0.39, 0.29) is 11.5 Å². The topological polar surface area (TPSA) is 62.4 Å². The summed E-state index contributed by atoms with van der Waals surface area (Å²) in [6.45, 7) is 2.59. The first-order valence-electron chi connectivity index (χ1n) is 5.63. The van der Waals surface area contributed by atoms with Crippen molar-refractivity contribution in [3.63, 3.8) is 0 Å². The molecule has 2 heterocycles. The van der Waals surface area contributed by atoms with Crippen LogP contribution in [0.4, 0.5) is 5.82 Å². The zero-order chi connectivity index (χ0) is 12.5. The van der Waals surface area contributed by atoms with Crippen molar-refractivity contribution in [3.8, 4) is 0 Å². The molecule has 2 rings (SSSR count). The number of aromatic nitrogens is 1. The van der Waals surface area contributed by atoms with E-state index in [0.29, 0.717) is 5.82 Å². The number of rotatable bonds is 2. The molecule has 0 unspecified atom stereocenters. The summed E-state index contributed by atoms with van der Waals surface area (Å²) in [5.41, 5.74) is -0.847. The maximum atomic E-state index is 11.8. The van der Waals surface area contributed by atoms with Gasteiger partial charge in [-0.05, 0) is 25.8 Å². The number of hydrogen-bond acceptors (Lipinski definition) is 4. The third kappa shape index (κ3) is 1.92. The molecule has 92 valence electrons. The van der Waals surface area contributed by atoms with Crippen molar-refractivity contribution >= 4 is 11.8 Å². The van der Waals surface area contributed by atoms with Crippen molar-refractivity contribution in [2.45, 2.75) is 25.3 Å². The fraction of sp³-hybridized carbons (Fsp3) is 0.500. The molecule has 0 bridgehead atoms. The predicted molar refractivity (Wildman–Crippen MR) is 64.1 cm³/mol. The van der Waals surface area contributed by atoms with E-state index in [1.807, 2.05) is 11.8 Å². The van der Waals surface area contributed by atoms with Gasteiger partial charge in [0.1, 0.15) is 11.4 Å². The van der Waals surface area contributed by atoms with E-state index >= 15 is 0 Å². The Morgan fingerprint density at radius 1 is 1.53 bits per heavy atom. The lowest BCUT2D eigenvalue weighted by Gasteiger charge is -2.33. The number of methoxy groups -OCH3 is 1. The molecule has 1 aliphatic heterocycles. The van der Waals surface area contributed by atoms with Gasteiger partial charge in [0.25, 0.3) is 0 Å². The Labute approximate surface area is 99.4 Å². The van der Waals surface area contributed by atoms with Crippen LogP contribution in [0.1, 0.15) is 19.8 Å². The zero-order valence-electron chi connectivity index (χ0n) is 10.0. The first-order chi connectivity index (χ1) is 8.08. The Kier molecular flexibility index (Phi) is 2.92. The maximum Gasteiger partial charge on any atom is 0.331 e. The minimum Gasteiger partial charge on any atom is -0.467 e. The predicted octanol–water partition coefficient (Wildman–Crippen LogP) is 0.907. The van der Waals surface area contributed by atoms with Gasteiger partial charge in [-0.2, -0.15) is 0 Å². The summed E-state index contributed by atoms with van der Waals surface area (Å²) < 4.78 is 4.85. The van der Waals surface area contributed by atoms with E-state index in [1.54, 1.807) is 12.1 Å². The smallest absolute Gasteiger partial charge is 0.331 e. The molecule has 1 fully saturated rings. The van der Waals surface area contributed by atoms with Crippen LogP contribution in [0.3, 0.4) is 0 Å². The fourth-order valence-corrected chi connectivity index (χ4v) is 2.38. The Morgan fingerprint density at radius 3 is 2.94 bits per heavy atom. The summed E-state index contributed by atoms with van der Waals surface area (Å²) in [6.07, 6.45) is 1.64. The van der Waals surface area contributed by atoms with Crippen LogP contribution < -0.4 is 10.5 Å². The molecule has 0 amide bonds. The number of nitrogens with one attached hydrogen (secondary N) is 1. The van der Waals surface area contributed by atoms with E-state index in [0.717, 1.165) is 19.4 Å². The van der Waals surface area contributed by atoms with Crippen molar-refractivity contribution < 1.29 is 9.53 Å². The molecule has 5 heteroatoms. The number of esters is 1. The maximum absolute atomic E-state index is 11.8. The largest absolute Gasteiger partial charge is 0.467 e. The van der Waals surface area contributed by atoms with Gasteiger partial charge in [-0.1, -0.05) is 6.07 Å². The number of hydrogen-bond donors (Lipinski definition) is 1. The van der Waals surface area contributed by atoms with E-state index < -0.39 is 5.54 Å². The summed E-state index contributed by atoms with van der Waals surface area (Å²) in [5, 5.41) is 0. The first kappa shape index (κ1) is 11.7. The monoisotopic (exact) mass is 236 g/mol. The molecule has 1 aromatic heterocycles. The van der Waals surface area contributed by atoms with Gasteiger partial charge < -0.3 is 14.6 Å². The van der Waals surface area contributed by atoms with Gasteiger partial charge in [0.05, 0.1) is 7.11 Å². The van der Waals surface area contributed by atoms with Crippen molar-refractivity contribution in [2.75, 3.05) is 18.6 Å². The molecule has 0 spiro atoms. The van der Waals surface area contributed by atoms with E-state index in [4.69, 9.17) is 4.74 Å². The van der Waals surface area contributed by atoms with Crippen LogP contribution in [0.2, 0.25) is 0 Å². The van der Waals surface area contributed by atoms with Crippen molar-refractivity contribution in [1.29, 1.82) is 0 Å². The number of carbonyl (C=O) groups excluding carboxylic acids is 1. The van der Waals surface area contributed by atoms with Crippen molar-refractivity contribution in [3.05, 3.63) is 28.6 Å². The summed E-state index contributed by atoms with van der Waals surface area (Å²) in [7, 11) is 1.39. The van der Waals surface area contributed by atoms with Crippen LogP contribution >= 0.6 is 0 Å². The quantitative estimate of drug-likeness (QED) is 0.775. The highest BCUT2D eigenvalue weighted by atomic mass is 16.5. The van der Waals surface area contributed by atoms with E-state index in [9.17, 15) is 9.59 Å². The summed E-state index contributed by atoms with van der Waals surface area (Å²) in [6, 6.07) is 4.94. The highest BCUT2D eigenvalue weighted by Gasteiger charge is 2.44. The number of nitrogens with zero attached hydrogens (tertiary/aromatic N) is 1. The van der Waals surface area contributed by atoms with E-state index in [1.165, 1.54) is 13.2 Å². The van der Waals surface area contributed by atoms with Gasteiger partial charge in [-0.25, -0.2) is 4.79 Å². The second-order valence-corrected chi connectivity index (χ2v) is 4.42. The number of carbonyl (C=O) groups is 1. The molecule has 0 aliphatic carbocycles. The van der Waals surface area contributed by atoms with Crippen LogP contribution in [0, 0.1) is 0 Å².